The van der Waals surface area contributed by atoms with Crippen LogP contribution in [0.1, 0.15) is 41.0 Å². The summed E-state index contributed by atoms with van der Waals surface area (Å²) in [7, 11) is 2.15. The van der Waals surface area contributed by atoms with Crippen LogP contribution >= 0.6 is 0 Å². The zero-order chi connectivity index (χ0) is 26.7. The van der Waals surface area contributed by atoms with Gasteiger partial charge in [0, 0.05) is 49.7 Å². The molecule has 4 N–H and O–H groups in total. The van der Waals surface area contributed by atoms with Gasteiger partial charge in [-0.1, -0.05) is 5.92 Å². The number of carbonyl (C=O) groups is 1. The van der Waals surface area contributed by atoms with Crippen molar-refractivity contribution in [3.63, 3.8) is 0 Å². The lowest BCUT2D eigenvalue weighted by Crippen LogP contribution is -2.45. The number of aliphatic hydroxyl groups is 1. The molecule has 9 nitrogen and oxygen atoms in total. The summed E-state index contributed by atoms with van der Waals surface area (Å²) in [5.74, 6) is 5.42. The smallest absolute Gasteiger partial charge is 0.260 e. The summed E-state index contributed by atoms with van der Waals surface area (Å²) in [4.78, 5) is 30.3. The number of rotatable bonds is 4. The molecule has 1 aliphatic rings. The first-order chi connectivity index (χ1) is 17.5. The summed E-state index contributed by atoms with van der Waals surface area (Å²) in [5, 5.41) is 12.5. The molecule has 4 rings (SSSR count). The van der Waals surface area contributed by atoms with E-state index in [-0.39, 0.29) is 17.2 Å². The Bertz CT molecular complexity index is 1350. The molecule has 192 valence electrons. The summed E-state index contributed by atoms with van der Waals surface area (Å²) < 4.78 is 0. The molecule has 2 aromatic heterocycles. The van der Waals surface area contributed by atoms with Gasteiger partial charge in [0.15, 0.2) is 0 Å². The first kappa shape index (κ1) is 26.1. The summed E-state index contributed by atoms with van der Waals surface area (Å²) in [5.41, 5.74) is 10.9. The third kappa shape index (κ3) is 6.42. The number of hydrogen-bond donors (Lipinski definition) is 3. The van der Waals surface area contributed by atoms with E-state index in [1.165, 1.54) is 29.2 Å². The second-order valence-corrected chi connectivity index (χ2v) is 9.96. The van der Waals surface area contributed by atoms with E-state index in [4.69, 9.17) is 5.73 Å². The second kappa shape index (κ2) is 10.5. The van der Waals surface area contributed by atoms with E-state index < -0.39 is 11.5 Å². The molecule has 0 unspecified atom stereocenters. The number of benzene rings is 1. The highest BCUT2D eigenvalue weighted by molar-refractivity contribution is 6.07. The van der Waals surface area contributed by atoms with E-state index in [2.05, 4.69) is 74.9 Å². The van der Waals surface area contributed by atoms with Gasteiger partial charge in [0.05, 0.1) is 5.56 Å². The summed E-state index contributed by atoms with van der Waals surface area (Å²) in [6.07, 6.45) is 2.99. The molecule has 0 atom stereocenters. The topological polar surface area (TPSA) is 120 Å². The number of nitrogen functional groups attached to an aromatic ring is 1. The quantitative estimate of drug-likeness (QED) is 0.469. The summed E-state index contributed by atoms with van der Waals surface area (Å²) >= 11 is 0. The fourth-order valence-corrected chi connectivity index (χ4v) is 4.36. The number of piperazine rings is 1. The number of anilines is 3. The van der Waals surface area contributed by atoms with Crippen LogP contribution in [0.2, 0.25) is 0 Å². The Balaban J connectivity index is 1.58. The van der Waals surface area contributed by atoms with E-state index in [0.29, 0.717) is 5.69 Å². The van der Waals surface area contributed by atoms with Crippen molar-refractivity contribution >= 4 is 23.2 Å². The molecule has 0 spiro atoms. The number of nitrogens with one attached hydrogen (secondary N) is 1. The van der Waals surface area contributed by atoms with Crippen molar-refractivity contribution in [3.8, 4) is 23.0 Å². The highest BCUT2D eigenvalue weighted by Crippen LogP contribution is 2.32. The minimum atomic E-state index is -1.16. The standard InChI is InChI=1S/C28H33N7O2/c1-18-12-20(13-19(2)25(18)35-10-8-34(5)9-11-35)21-14-23(26(29)30-16-21)27(36)33-24-15-22(31-17-32-24)6-7-28(3,4)37/h12-17,37H,8-11H2,1-5H3,(H2,29,30)(H,31,32,33,36). The van der Waals surface area contributed by atoms with Crippen molar-refractivity contribution in [2.24, 2.45) is 0 Å². The lowest BCUT2D eigenvalue weighted by atomic mass is 9.97. The second-order valence-electron chi connectivity index (χ2n) is 9.96. The molecule has 3 heterocycles. The van der Waals surface area contributed by atoms with Gasteiger partial charge in [-0.05, 0) is 75.6 Å². The summed E-state index contributed by atoms with van der Waals surface area (Å²) in [6, 6.07) is 7.55. The molecule has 37 heavy (non-hydrogen) atoms. The maximum Gasteiger partial charge on any atom is 0.260 e. The average molecular weight is 500 g/mol. The van der Waals surface area contributed by atoms with Crippen LogP contribution in [0.25, 0.3) is 11.1 Å². The van der Waals surface area contributed by atoms with Gasteiger partial charge in [-0.15, -0.1) is 0 Å². The molecule has 9 heteroatoms. The number of nitrogens with zero attached hydrogens (tertiary/aromatic N) is 5. The van der Waals surface area contributed by atoms with Crippen molar-refractivity contribution in [3.05, 3.63) is 59.2 Å². The molecule has 1 aromatic carbocycles. The number of nitrogens with two attached hydrogens (primary N) is 1. The van der Waals surface area contributed by atoms with Crippen molar-refractivity contribution < 1.29 is 9.90 Å². The van der Waals surface area contributed by atoms with Gasteiger partial charge >= 0.3 is 0 Å². The maximum absolute atomic E-state index is 13.1. The average Bonchev–Trinajstić information content (AvgIpc) is 2.83. The molecule has 1 aliphatic heterocycles. The van der Waals surface area contributed by atoms with Gasteiger partial charge in [0.1, 0.15) is 29.3 Å². The molecule has 0 bridgehead atoms. The van der Waals surface area contributed by atoms with E-state index >= 15 is 0 Å². The zero-order valence-corrected chi connectivity index (χ0v) is 22.0. The lowest BCUT2D eigenvalue weighted by Gasteiger charge is -2.36. The monoisotopic (exact) mass is 499 g/mol. The van der Waals surface area contributed by atoms with Crippen LogP contribution in [-0.2, 0) is 0 Å². The van der Waals surface area contributed by atoms with Crippen molar-refractivity contribution in [2.75, 3.05) is 49.2 Å². The van der Waals surface area contributed by atoms with Crippen LogP contribution in [-0.4, -0.2) is 69.7 Å². The number of pyridine rings is 1. The molecule has 0 aliphatic carbocycles. The zero-order valence-electron chi connectivity index (χ0n) is 22.0. The summed E-state index contributed by atoms with van der Waals surface area (Å²) in [6.45, 7) is 11.5. The van der Waals surface area contributed by atoms with Crippen LogP contribution in [0.4, 0.5) is 17.3 Å². The Labute approximate surface area is 217 Å². The molecular formula is C28H33N7O2. The Hall–Kier alpha value is -4.00. The van der Waals surface area contributed by atoms with Crippen LogP contribution in [0.5, 0.6) is 0 Å². The van der Waals surface area contributed by atoms with Gasteiger partial charge in [-0.2, -0.15) is 0 Å². The van der Waals surface area contributed by atoms with E-state index in [0.717, 1.165) is 37.3 Å². The number of hydrogen-bond acceptors (Lipinski definition) is 8. The van der Waals surface area contributed by atoms with Gasteiger partial charge in [0.2, 0.25) is 0 Å². The van der Waals surface area contributed by atoms with Gasteiger partial charge in [-0.25, -0.2) is 15.0 Å². The normalized spacial score (nSPS) is 14.2. The third-order valence-corrected chi connectivity index (χ3v) is 6.21. The predicted molar refractivity (Wildman–Crippen MR) is 146 cm³/mol. The first-order valence-electron chi connectivity index (χ1n) is 12.2. The molecule has 0 radical (unpaired) electrons. The largest absolute Gasteiger partial charge is 0.383 e. The third-order valence-electron chi connectivity index (χ3n) is 6.21. The van der Waals surface area contributed by atoms with E-state index in [1.54, 1.807) is 26.1 Å². The van der Waals surface area contributed by atoms with Gasteiger partial charge in [-0.3, -0.25) is 4.79 Å². The Morgan fingerprint density at radius 2 is 1.70 bits per heavy atom. The molecule has 1 fully saturated rings. The molecule has 0 saturated carbocycles. The Morgan fingerprint density at radius 3 is 2.35 bits per heavy atom. The highest BCUT2D eigenvalue weighted by Gasteiger charge is 2.19. The fraction of sp³-hybridized carbons (Fsp3) is 0.357. The van der Waals surface area contributed by atoms with Crippen LogP contribution in [0, 0.1) is 25.7 Å². The Morgan fingerprint density at radius 1 is 1.03 bits per heavy atom. The van der Waals surface area contributed by atoms with Crippen molar-refractivity contribution in [1.82, 2.24) is 19.9 Å². The molecule has 1 saturated heterocycles. The maximum atomic E-state index is 13.1. The molecular weight excluding hydrogens is 466 g/mol. The predicted octanol–water partition coefficient (Wildman–Crippen LogP) is 2.86. The SMILES string of the molecule is Cc1cc(-c2cnc(N)c(C(=O)Nc3cc(C#CC(C)(C)O)ncn3)c2)cc(C)c1N1CCN(C)CC1. The van der Waals surface area contributed by atoms with Crippen LogP contribution < -0.4 is 16.0 Å². The minimum Gasteiger partial charge on any atom is -0.383 e. The minimum absolute atomic E-state index is 0.125. The van der Waals surface area contributed by atoms with E-state index in [1.807, 2.05) is 0 Å². The van der Waals surface area contributed by atoms with E-state index in [9.17, 15) is 9.90 Å². The number of aryl methyl sites for hydroxylation is 2. The molecule has 1 amide bonds. The highest BCUT2D eigenvalue weighted by atomic mass is 16.3. The number of carbonyl (C=O) groups excluding carboxylic acids is 1. The van der Waals surface area contributed by atoms with Crippen molar-refractivity contribution in [2.45, 2.75) is 33.3 Å². The Kier molecular flexibility index (Phi) is 7.43. The fourth-order valence-electron chi connectivity index (χ4n) is 4.36. The number of likely N-dealkylation sites (N-methyl/N-ethyl adjacent to an activating group) is 1. The number of amides is 1. The molecule has 3 aromatic rings. The first-order valence-corrected chi connectivity index (χ1v) is 12.2. The van der Waals surface area contributed by atoms with Gasteiger partial charge < -0.3 is 26.0 Å². The van der Waals surface area contributed by atoms with Crippen molar-refractivity contribution in [1.29, 1.82) is 0 Å². The van der Waals surface area contributed by atoms with Crippen LogP contribution in [0.3, 0.4) is 0 Å². The lowest BCUT2D eigenvalue weighted by molar-refractivity contribution is 0.102. The van der Waals surface area contributed by atoms with Gasteiger partial charge in [0.25, 0.3) is 5.91 Å². The van der Waals surface area contributed by atoms with Crippen LogP contribution in [0.15, 0.2) is 36.8 Å². The number of aromatic nitrogens is 3.